The van der Waals surface area contributed by atoms with Crippen molar-refractivity contribution in [3.8, 4) is 0 Å². The van der Waals surface area contributed by atoms with Gasteiger partial charge in [-0.15, -0.1) is 0 Å². The summed E-state index contributed by atoms with van der Waals surface area (Å²) in [5.41, 5.74) is 2.14. The molecule has 0 aromatic rings. The van der Waals surface area contributed by atoms with E-state index in [9.17, 15) is 0 Å². The van der Waals surface area contributed by atoms with Crippen LogP contribution >= 0.6 is 0 Å². The summed E-state index contributed by atoms with van der Waals surface area (Å²) in [6.07, 6.45) is 10.9. The molecule has 0 saturated heterocycles. The van der Waals surface area contributed by atoms with Gasteiger partial charge in [0.25, 0.3) is 0 Å². The van der Waals surface area contributed by atoms with Crippen molar-refractivity contribution < 1.29 is 0 Å². The molecule has 0 N–H and O–H groups in total. The molecule has 1 unspecified atom stereocenters. The fourth-order valence-electron chi connectivity index (χ4n) is 1.89. The zero-order chi connectivity index (χ0) is 8.32. The lowest BCUT2D eigenvalue weighted by Crippen LogP contribution is -2.06. The normalized spacial score (nSPS) is 32.5. The molecule has 0 radical (unpaired) electrons. The van der Waals surface area contributed by atoms with Crippen LogP contribution in [0.3, 0.4) is 0 Å². The first kappa shape index (κ1) is 8.58. The molecule has 1 atom stereocenters. The summed E-state index contributed by atoms with van der Waals surface area (Å²) < 4.78 is 0. The van der Waals surface area contributed by atoms with E-state index in [-0.39, 0.29) is 0 Å². The number of allylic oxidation sites excluding steroid dienone is 4. The Hall–Kier alpha value is -0.520. The van der Waals surface area contributed by atoms with E-state index in [1.54, 1.807) is 5.57 Å². The van der Waals surface area contributed by atoms with Crippen LogP contribution in [0.15, 0.2) is 23.8 Å². The quantitative estimate of drug-likeness (QED) is 0.462. The maximum Gasteiger partial charge on any atom is 0.00686 e. The molecule has 0 bridgehead atoms. The molecular formula is C11H18. The van der Waals surface area contributed by atoms with Crippen molar-refractivity contribution in [3.05, 3.63) is 23.8 Å². The minimum absolute atomic E-state index is 0.486. The second-order valence-corrected chi connectivity index (χ2v) is 3.29. The summed E-state index contributed by atoms with van der Waals surface area (Å²) in [5.74, 6) is 0. The van der Waals surface area contributed by atoms with Crippen LogP contribution in [0.2, 0.25) is 0 Å². The van der Waals surface area contributed by atoms with Crippen molar-refractivity contribution in [1.82, 2.24) is 0 Å². The van der Waals surface area contributed by atoms with Crippen LogP contribution in [-0.4, -0.2) is 0 Å². The molecular weight excluding hydrogens is 132 g/mol. The zero-order valence-corrected chi connectivity index (χ0v) is 7.85. The molecule has 0 aromatic carbocycles. The van der Waals surface area contributed by atoms with E-state index in [0.717, 1.165) is 0 Å². The van der Waals surface area contributed by atoms with Gasteiger partial charge in [0.05, 0.1) is 0 Å². The van der Waals surface area contributed by atoms with Gasteiger partial charge in [-0.05, 0) is 19.3 Å². The third kappa shape index (κ3) is 1.40. The van der Waals surface area contributed by atoms with Crippen LogP contribution in [0.25, 0.3) is 0 Å². The first-order valence-corrected chi connectivity index (χ1v) is 4.68. The molecule has 0 fully saturated rings. The number of hydrogen-bond donors (Lipinski definition) is 0. The van der Waals surface area contributed by atoms with Crippen molar-refractivity contribution in [2.24, 2.45) is 5.41 Å². The van der Waals surface area contributed by atoms with Crippen LogP contribution in [0.5, 0.6) is 0 Å². The largest absolute Gasteiger partial charge is 0.0841 e. The summed E-state index contributed by atoms with van der Waals surface area (Å²) in [6.45, 7) is 6.34. The van der Waals surface area contributed by atoms with Crippen molar-refractivity contribution in [1.29, 1.82) is 0 Å². The summed E-state index contributed by atoms with van der Waals surface area (Å²) in [4.78, 5) is 0. The third-order valence-corrected chi connectivity index (χ3v) is 2.61. The Kier molecular flexibility index (Phi) is 2.53. The Balaban J connectivity index is 0.000000281. The highest BCUT2D eigenvalue weighted by Gasteiger charge is 2.31. The predicted octanol–water partition coefficient (Wildman–Crippen LogP) is 3.70. The van der Waals surface area contributed by atoms with Crippen molar-refractivity contribution in [3.63, 3.8) is 0 Å². The second-order valence-electron chi connectivity index (χ2n) is 3.29. The summed E-state index contributed by atoms with van der Waals surface area (Å²) in [5, 5.41) is 0. The topological polar surface area (TPSA) is 0 Å². The zero-order valence-electron chi connectivity index (χ0n) is 7.85. The first-order valence-electron chi connectivity index (χ1n) is 4.68. The van der Waals surface area contributed by atoms with Gasteiger partial charge in [-0.3, -0.25) is 0 Å². The molecule has 2 aliphatic carbocycles. The lowest BCUT2D eigenvalue weighted by molar-refractivity contribution is 0.519. The van der Waals surface area contributed by atoms with Crippen LogP contribution < -0.4 is 0 Å². The SMILES string of the molecule is CC.CC12C=CCC1=CCC2. The maximum atomic E-state index is 2.40. The molecule has 2 rings (SSSR count). The minimum atomic E-state index is 0.486. The predicted molar refractivity (Wildman–Crippen MR) is 50.5 cm³/mol. The molecule has 0 aromatic heterocycles. The van der Waals surface area contributed by atoms with Gasteiger partial charge >= 0.3 is 0 Å². The number of fused-ring (bicyclic) bond motifs is 1. The molecule has 0 spiro atoms. The smallest absolute Gasteiger partial charge is 0.00686 e. The molecule has 0 heterocycles. The fourth-order valence-corrected chi connectivity index (χ4v) is 1.89. The molecule has 0 aliphatic heterocycles. The van der Waals surface area contributed by atoms with Crippen molar-refractivity contribution >= 4 is 0 Å². The Labute approximate surface area is 70.0 Å². The van der Waals surface area contributed by atoms with E-state index in [4.69, 9.17) is 0 Å². The Morgan fingerprint density at radius 2 is 2.09 bits per heavy atom. The lowest BCUT2D eigenvalue weighted by Gasteiger charge is -2.17. The molecule has 2 aliphatic rings. The van der Waals surface area contributed by atoms with Crippen LogP contribution in [-0.2, 0) is 0 Å². The number of rotatable bonds is 0. The van der Waals surface area contributed by atoms with Crippen molar-refractivity contribution in [2.45, 2.75) is 40.0 Å². The van der Waals surface area contributed by atoms with Gasteiger partial charge in [0.1, 0.15) is 0 Å². The van der Waals surface area contributed by atoms with E-state index in [1.165, 1.54) is 19.3 Å². The van der Waals surface area contributed by atoms with Gasteiger partial charge < -0.3 is 0 Å². The second kappa shape index (κ2) is 3.25. The highest BCUT2D eigenvalue weighted by Crippen LogP contribution is 2.45. The molecule has 11 heavy (non-hydrogen) atoms. The fraction of sp³-hybridized carbons (Fsp3) is 0.636. The highest BCUT2D eigenvalue weighted by atomic mass is 14.4. The maximum absolute atomic E-state index is 2.40. The molecule has 62 valence electrons. The average Bonchev–Trinajstić information content (AvgIpc) is 2.49. The van der Waals surface area contributed by atoms with Gasteiger partial charge in [-0.1, -0.05) is 44.6 Å². The van der Waals surface area contributed by atoms with Gasteiger partial charge in [0, 0.05) is 5.41 Å². The van der Waals surface area contributed by atoms with E-state index < -0.39 is 0 Å². The molecule has 0 nitrogen and oxygen atoms in total. The first-order chi connectivity index (χ1) is 5.31. The Morgan fingerprint density at radius 3 is 2.73 bits per heavy atom. The Bertz CT molecular complexity index is 186. The third-order valence-electron chi connectivity index (χ3n) is 2.61. The van der Waals surface area contributed by atoms with Gasteiger partial charge in [-0.2, -0.15) is 0 Å². The van der Waals surface area contributed by atoms with E-state index in [1.807, 2.05) is 13.8 Å². The minimum Gasteiger partial charge on any atom is -0.0841 e. The van der Waals surface area contributed by atoms with E-state index >= 15 is 0 Å². The van der Waals surface area contributed by atoms with E-state index in [2.05, 4.69) is 25.2 Å². The van der Waals surface area contributed by atoms with Crippen LogP contribution in [0, 0.1) is 5.41 Å². The summed E-state index contributed by atoms with van der Waals surface area (Å²) >= 11 is 0. The van der Waals surface area contributed by atoms with Crippen LogP contribution in [0.1, 0.15) is 40.0 Å². The molecule has 0 amide bonds. The number of hydrogen-bond acceptors (Lipinski definition) is 0. The highest BCUT2D eigenvalue weighted by molar-refractivity contribution is 5.33. The van der Waals surface area contributed by atoms with Gasteiger partial charge in [0.2, 0.25) is 0 Å². The van der Waals surface area contributed by atoms with Gasteiger partial charge in [0.15, 0.2) is 0 Å². The molecule has 0 saturated carbocycles. The lowest BCUT2D eigenvalue weighted by atomic mass is 9.87. The van der Waals surface area contributed by atoms with Crippen LogP contribution in [0.4, 0.5) is 0 Å². The Morgan fingerprint density at radius 1 is 1.36 bits per heavy atom. The van der Waals surface area contributed by atoms with Crippen molar-refractivity contribution in [2.75, 3.05) is 0 Å². The monoisotopic (exact) mass is 150 g/mol. The summed E-state index contributed by atoms with van der Waals surface area (Å²) in [6, 6.07) is 0. The average molecular weight is 150 g/mol. The molecule has 0 heteroatoms. The van der Waals surface area contributed by atoms with Gasteiger partial charge in [-0.25, -0.2) is 0 Å². The van der Waals surface area contributed by atoms with E-state index in [0.29, 0.717) is 5.41 Å². The summed E-state index contributed by atoms with van der Waals surface area (Å²) in [7, 11) is 0. The standard InChI is InChI=1S/C9H12.C2H6/c1-9-6-2-4-8(9)5-3-7-9;1-2/h2,5-6H,3-4,7H2,1H3;1-2H3.